The molecule has 0 aromatic carbocycles. The maximum absolute atomic E-state index is 4.75. The van der Waals surface area contributed by atoms with Gasteiger partial charge in [0.2, 0.25) is 0 Å². The maximum atomic E-state index is 4.75. The number of nitrogens with one attached hydrogen (secondary N) is 1. The van der Waals surface area contributed by atoms with E-state index >= 15 is 0 Å². The maximum Gasteiger partial charge on any atom is 0.112 e. The van der Waals surface area contributed by atoms with Crippen LogP contribution in [0.15, 0.2) is 29.9 Å². The Morgan fingerprint density at radius 2 is 2.44 bits per heavy atom. The van der Waals surface area contributed by atoms with E-state index in [-0.39, 0.29) is 0 Å². The second kappa shape index (κ2) is 5.14. The molecule has 1 aliphatic heterocycles. The first-order valence-electron chi connectivity index (χ1n) is 6.11. The van der Waals surface area contributed by atoms with Crippen molar-refractivity contribution in [2.75, 3.05) is 26.7 Å². The highest BCUT2D eigenvalue weighted by Gasteiger charge is 2.23. The van der Waals surface area contributed by atoms with Crippen molar-refractivity contribution in [3.63, 3.8) is 0 Å². The van der Waals surface area contributed by atoms with E-state index in [1.165, 1.54) is 5.01 Å². The molecule has 3 rings (SSSR count). The van der Waals surface area contributed by atoms with Gasteiger partial charge in [0, 0.05) is 43.0 Å². The predicted octanol–water partition coefficient (Wildman–Crippen LogP) is 1.78. The van der Waals surface area contributed by atoms with E-state index in [0.29, 0.717) is 6.04 Å². The highest BCUT2D eigenvalue weighted by molar-refractivity contribution is 7.10. The van der Waals surface area contributed by atoms with E-state index in [9.17, 15) is 0 Å². The number of pyridine rings is 1. The van der Waals surface area contributed by atoms with Crippen LogP contribution in [0.25, 0.3) is 11.3 Å². The number of rotatable bonds is 2. The highest BCUT2D eigenvalue weighted by Crippen LogP contribution is 2.28. The molecule has 0 bridgehead atoms. The van der Waals surface area contributed by atoms with Gasteiger partial charge in [-0.05, 0) is 19.2 Å². The minimum absolute atomic E-state index is 0.397. The molecule has 1 N–H and O–H groups in total. The largest absolute Gasteiger partial charge is 0.313 e. The molecule has 1 fully saturated rings. The molecule has 2 aromatic heterocycles. The molecule has 1 atom stereocenters. The number of likely N-dealkylation sites (N-methyl/N-ethyl adjacent to an activating group) is 1. The average molecular weight is 260 g/mol. The van der Waals surface area contributed by atoms with E-state index in [2.05, 4.69) is 33.7 Å². The van der Waals surface area contributed by atoms with E-state index in [4.69, 9.17) is 4.98 Å². The number of hydrogen-bond donors (Lipinski definition) is 1. The topological polar surface area (TPSA) is 41.0 Å². The van der Waals surface area contributed by atoms with E-state index in [1.54, 1.807) is 17.5 Å². The summed E-state index contributed by atoms with van der Waals surface area (Å²) < 4.78 is 0. The molecule has 3 heterocycles. The summed E-state index contributed by atoms with van der Waals surface area (Å²) in [5.41, 5.74) is 2.12. The molecule has 2 aromatic rings. The minimum Gasteiger partial charge on any atom is -0.313 e. The summed E-state index contributed by atoms with van der Waals surface area (Å²) in [6, 6.07) is 4.39. The summed E-state index contributed by atoms with van der Waals surface area (Å²) in [5.74, 6) is 0. The molecule has 0 radical (unpaired) electrons. The SMILES string of the molecule is CN1CCNCC1c1nc(-c2cccnc2)cs1. The van der Waals surface area contributed by atoms with E-state index in [1.807, 2.05) is 12.3 Å². The van der Waals surface area contributed by atoms with Crippen LogP contribution in [0.1, 0.15) is 11.0 Å². The number of nitrogens with zero attached hydrogens (tertiary/aromatic N) is 3. The fraction of sp³-hybridized carbons (Fsp3) is 0.385. The third kappa shape index (κ3) is 2.29. The van der Waals surface area contributed by atoms with E-state index < -0.39 is 0 Å². The van der Waals surface area contributed by atoms with Crippen molar-refractivity contribution in [1.29, 1.82) is 0 Å². The van der Waals surface area contributed by atoms with Crippen LogP contribution in [-0.4, -0.2) is 41.5 Å². The Hall–Kier alpha value is -1.30. The van der Waals surface area contributed by atoms with Crippen molar-refractivity contribution >= 4 is 11.3 Å². The Morgan fingerprint density at radius 1 is 1.50 bits per heavy atom. The lowest BCUT2D eigenvalue weighted by Gasteiger charge is -2.31. The van der Waals surface area contributed by atoms with Crippen LogP contribution in [0.5, 0.6) is 0 Å². The zero-order valence-electron chi connectivity index (χ0n) is 10.3. The molecule has 5 heteroatoms. The summed E-state index contributed by atoms with van der Waals surface area (Å²) in [4.78, 5) is 11.3. The lowest BCUT2D eigenvalue weighted by atomic mass is 10.2. The first-order valence-corrected chi connectivity index (χ1v) is 6.99. The molecular formula is C13H16N4S. The summed E-state index contributed by atoms with van der Waals surface area (Å²) in [6.07, 6.45) is 3.65. The third-order valence-electron chi connectivity index (χ3n) is 3.28. The Morgan fingerprint density at radius 3 is 3.22 bits per heavy atom. The van der Waals surface area contributed by atoms with Crippen LogP contribution >= 0.6 is 11.3 Å². The van der Waals surface area contributed by atoms with Crippen LogP contribution in [0.4, 0.5) is 0 Å². The van der Waals surface area contributed by atoms with Gasteiger partial charge in [-0.15, -0.1) is 11.3 Å². The van der Waals surface area contributed by atoms with Gasteiger partial charge in [0.25, 0.3) is 0 Å². The van der Waals surface area contributed by atoms with Crippen molar-refractivity contribution < 1.29 is 0 Å². The molecular weight excluding hydrogens is 244 g/mol. The second-order valence-corrected chi connectivity index (χ2v) is 5.40. The van der Waals surface area contributed by atoms with Crippen molar-refractivity contribution in [3.05, 3.63) is 34.9 Å². The first kappa shape index (κ1) is 11.8. The second-order valence-electron chi connectivity index (χ2n) is 4.51. The van der Waals surface area contributed by atoms with E-state index in [0.717, 1.165) is 30.9 Å². The molecule has 1 aliphatic rings. The van der Waals surface area contributed by atoms with Crippen molar-refractivity contribution in [3.8, 4) is 11.3 Å². The molecule has 0 spiro atoms. The van der Waals surface area contributed by atoms with Crippen LogP contribution in [0, 0.1) is 0 Å². The summed E-state index contributed by atoms with van der Waals surface area (Å²) in [7, 11) is 2.16. The van der Waals surface area contributed by atoms with Crippen LogP contribution in [-0.2, 0) is 0 Å². The molecule has 0 saturated carbocycles. The van der Waals surface area contributed by atoms with Gasteiger partial charge < -0.3 is 5.32 Å². The van der Waals surface area contributed by atoms with Gasteiger partial charge >= 0.3 is 0 Å². The van der Waals surface area contributed by atoms with Gasteiger partial charge in [-0.1, -0.05) is 0 Å². The molecule has 4 nitrogen and oxygen atoms in total. The Kier molecular flexibility index (Phi) is 3.36. The normalized spacial score (nSPS) is 21.1. The fourth-order valence-electron chi connectivity index (χ4n) is 2.17. The highest BCUT2D eigenvalue weighted by atomic mass is 32.1. The third-order valence-corrected chi connectivity index (χ3v) is 4.22. The van der Waals surface area contributed by atoms with Crippen molar-refractivity contribution in [2.45, 2.75) is 6.04 Å². The molecule has 0 amide bonds. The summed E-state index contributed by atoms with van der Waals surface area (Å²) >= 11 is 1.73. The smallest absolute Gasteiger partial charge is 0.112 e. The Balaban J connectivity index is 1.85. The lowest BCUT2D eigenvalue weighted by molar-refractivity contribution is 0.202. The molecule has 0 aliphatic carbocycles. The molecule has 94 valence electrons. The molecule has 1 unspecified atom stereocenters. The number of hydrogen-bond acceptors (Lipinski definition) is 5. The van der Waals surface area contributed by atoms with Crippen molar-refractivity contribution in [1.82, 2.24) is 20.2 Å². The Bertz CT molecular complexity index is 511. The van der Waals surface area contributed by atoms with Gasteiger partial charge in [0.1, 0.15) is 5.01 Å². The first-order chi connectivity index (χ1) is 8.84. The Labute approximate surface area is 111 Å². The standard InChI is InChI=1S/C13H16N4S/c1-17-6-5-15-8-12(17)13-16-11(9-18-13)10-3-2-4-14-7-10/h2-4,7,9,12,15H,5-6,8H2,1H3. The van der Waals surface area contributed by atoms with Gasteiger partial charge in [0.05, 0.1) is 11.7 Å². The summed E-state index contributed by atoms with van der Waals surface area (Å²) in [6.45, 7) is 3.12. The van der Waals surface area contributed by atoms with Crippen LogP contribution in [0.3, 0.4) is 0 Å². The predicted molar refractivity (Wildman–Crippen MR) is 73.6 cm³/mol. The van der Waals surface area contributed by atoms with Crippen LogP contribution in [0.2, 0.25) is 0 Å². The number of piperazine rings is 1. The van der Waals surface area contributed by atoms with Crippen molar-refractivity contribution in [2.24, 2.45) is 0 Å². The quantitative estimate of drug-likeness (QED) is 0.893. The van der Waals surface area contributed by atoms with Gasteiger partial charge in [-0.2, -0.15) is 0 Å². The fourth-order valence-corrected chi connectivity index (χ4v) is 3.16. The van der Waals surface area contributed by atoms with Gasteiger partial charge in [-0.25, -0.2) is 4.98 Å². The zero-order valence-corrected chi connectivity index (χ0v) is 11.2. The average Bonchev–Trinajstić information content (AvgIpc) is 2.90. The van der Waals surface area contributed by atoms with Gasteiger partial charge in [-0.3, -0.25) is 9.88 Å². The molecule has 18 heavy (non-hydrogen) atoms. The molecule has 1 saturated heterocycles. The van der Waals surface area contributed by atoms with Crippen LogP contribution < -0.4 is 5.32 Å². The monoisotopic (exact) mass is 260 g/mol. The summed E-state index contributed by atoms with van der Waals surface area (Å²) in [5, 5.41) is 6.73. The number of thiazole rings is 1. The lowest BCUT2D eigenvalue weighted by Crippen LogP contribution is -2.43. The van der Waals surface area contributed by atoms with Gasteiger partial charge in [0.15, 0.2) is 0 Å². The number of aromatic nitrogens is 2. The zero-order chi connectivity index (χ0) is 12.4. The minimum atomic E-state index is 0.397.